The molecular formula is C45H34N2O. The van der Waals surface area contributed by atoms with E-state index in [0.29, 0.717) is 0 Å². The molecule has 230 valence electrons. The first-order chi connectivity index (χ1) is 23.6. The number of ether oxygens (including phenoxy) is 1. The summed E-state index contributed by atoms with van der Waals surface area (Å²) >= 11 is 0. The molecule has 0 spiro atoms. The van der Waals surface area contributed by atoms with E-state index in [2.05, 4.69) is 187 Å². The fraction of sp³-hybridized carbons (Fsp3) is 0.0667. The fourth-order valence-electron chi connectivity index (χ4n) is 7.53. The average molecular weight is 619 g/mol. The minimum atomic E-state index is -0.324. The summed E-state index contributed by atoms with van der Waals surface area (Å²) in [7, 11) is 0. The monoisotopic (exact) mass is 618 g/mol. The van der Waals surface area contributed by atoms with Crippen LogP contribution in [0, 0.1) is 0 Å². The molecule has 7 aromatic rings. The zero-order valence-electron chi connectivity index (χ0n) is 27.0. The van der Waals surface area contributed by atoms with E-state index in [9.17, 15) is 0 Å². The number of anilines is 6. The zero-order valence-corrected chi connectivity index (χ0v) is 27.0. The fourth-order valence-corrected chi connectivity index (χ4v) is 7.53. The lowest BCUT2D eigenvalue weighted by atomic mass is 9.72. The predicted molar refractivity (Wildman–Crippen MR) is 199 cm³/mol. The summed E-state index contributed by atoms with van der Waals surface area (Å²) in [6.45, 7) is 4.69. The Kier molecular flexibility index (Phi) is 6.48. The Hall–Kier alpha value is -6.06. The predicted octanol–water partition coefficient (Wildman–Crippen LogP) is 12.7. The van der Waals surface area contributed by atoms with Crippen molar-refractivity contribution in [1.29, 1.82) is 0 Å². The van der Waals surface area contributed by atoms with Crippen LogP contribution in [0.5, 0.6) is 11.5 Å². The lowest BCUT2D eigenvalue weighted by molar-refractivity contribution is 0.471. The highest BCUT2D eigenvalue weighted by molar-refractivity contribution is 5.97. The average Bonchev–Trinajstić information content (AvgIpc) is 3.14. The number of hydrogen-bond donors (Lipinski definition) is 0. The van der Waals surface area contributed by atoms with Gasteiger partial charge in [0, 0.05) is 22.4 Å². The molecular weight excluding hydrogens is 585 g/mol. The standard InChI is InChI=1S/C45H34N2O/c1-45(2)37-17-11-22-42-44(37)47(38-18-9-10-21-41(38)48-42)40-20-12-19-39(43(40)45)46(35-27-23-33(24-28-35)31-13-5-3-6-14-31)36-29-25-34(26-30-36)32-15-7-4-8-16-32/h3-30H,1-2H3. The lowest BCUT2D eigenvalue weighted by Crippen LogP contribution is -2.33. The molecule has 0 amide bonds. The first-order valence-corrected chi connectivity index (χ1v) is 16.5. The van der Waals surface area contributed by atoms with Gasteiger partial charge in [-0.2, -0.15) is 0 Å². The Morgan fingerprint density at radius 3 is 1.58 bits per heavy atom. The van der Waals surface area contributed by atoms with E-state index in [1.807, 2.05) is 6.07 Å². The molecule has 0 aliphatic carbocycles. The van der Waals surface area contributed by atoms with Crippen LogP contribution in [0.2, 0.25) is 0 Å². The summed E-state index contributed by atoms with van der Waals surface area (Å²) in [5.74, 6) is 1.75. The van der Waals surface area contributed by atoms with Gasteiger partial charge in [0.15, 0.2) is 11.5 Å². The molecule has 2 aliphatic rings. The Morgan fingerprint density at radius 1 is 0.458 bits per heavy atom. The summed E-state index contributed by atoms with van der Waals surface area (Å²) in [6, 6.07) is 60.6. The van der Waals surface area contributed by atoms with Gasteiger partial charge in [-0.3, -0.25) is 0 Å². The second-order valence-corrected chi connectivity index (χ2v) is 13.0. The molecule has 0 aromatic heterocycles. The number of hydrogen-bond acceptors (Lipinski definition) is 3. The number of fused-ring (bicyclic) bond motifs is 4. The first-order valence-electron chi connectivity index (χ1n) is 16.5. The summed E-state index contributed by atoms with van der Waals surface area (Å²) in [5.41, 5.74) is 13.7. The largest absolute Gasteiger partial charge is 0.453 e. The third-order valence-corrected chi connectivity index (χ3v) is 9.81. The lowest BCUT2D eigenvalue weighted by Gasteiger charge is -2.46. The number of nitrogens with zero attached hydrogens (tertiary/aromatic N) is 2. The van der Waals surface area contributed by atoms with Crippen LogP contribution in [-0.4, -0.2) is 0 Å². The van der Waals surface area contributed by atoms with Gasteiger partial charge in [-0.1, -0.05) is 129 Å². The molecule has 3 nitrogen and oxygen atoms in total. The van der Waals surface area contributed by atoms with Gasteiger partial charge >= 0.3 is 0 Å². The van der Waals surface area contributed by atoms with Crippen molar-refractivity contribution >= 4 is 34.1 Å². The van der Waals surface area contributed by atoms with Crippen LogP contribution in [0.1, 0.15) is 25.0 Å². The van der Waals surface area contributed by atoms with Crippen molar-refractivity contribution in [2.45, 2.75) is 19.3 Å². The van der Waals surface area contributed by atoms with Crippen LogP contribution in [-0.2, 0) is 5.41 Å². The Bertz CT molecular complexity index is 2190. The topological polar surface area (TPSA) is 15.7 Å². The van der Waals surface area contributed by atoms with Gasteiger partial charge in [0.05, 0.1) is 22.7 Å². The third-order valence-electron chi connectivity index (χ3n) is 9.81. The van der Waals surface area contributed by atoms with E-state index < -0.39 is 0 Å². The van der Waals surface area contributed by atoms with E-state index in [1.54, 1.807) is 0 Å². The van der Waals surface area contributed by atoms with Gasteiger partial charge < -0.3 is 14.5 Å². The minimum absolute atomic E-state index is 0.324. The van der Waals surface area contributed by atoms with Gasteiger partial charge in [-0.05, 0) is 82.4 Å². The SMILES string of the molecule is CC1(C)c2cccc3c2N(c2ccccc2O3)c2cccc(N(c3ccc(-c4ccccc4)cc3)c3ccc(-c4ccccc4)cc3)c21. The van der Waals surface area contributed by atoms with E-state index >= 15 is 0 Å². The number of rotatable bonds is 5. The maximum absolute atomic E-state index is 6.49. The summed E-state index contributed by atoms with van der Waals surface area (Å²) in [4.78, 5) is 4.83. The number of para-hydroxylation sites is 3. The normalized spacial score (nSPS) is 13.5. The highest BCUT2D eigenvalue weighted by Crippen LogP contribution is 2.61. The molecule has 0 radical (unpaired) electrons. The maximum atomic E-state index is 6.49. The highest BCUT2D eigenvalue weighted by atomic mass is 16.5. The maximum Gasteiger partial charge on any atom is 0.151 e. The van der Waals surface area contributed by atoms with Crippen molar-refractivity contribution in [3.63, 3.8) is 0 Å². The second kappa shape index (κ2) is 11.0. The second-order valence-electron chi connectivity index (χ2n) is 13.0. The molecule has 0 bridgehead atoms. The van der Waals surface area contributed by atoms with E-state index in [1.165, 1.54) is 39.1 Å². The summed E-state index contributed by atoms with van der Waals surface area (Å²) < 4.78 is 6.49. The summed E-state index contributed by atoms with van der Waals surface area (Å²) in [5, 5.41) is 0. The van der Waals surface area contributed by atoms with Crippen molar-refractivity contribution in [2.24, 2.45) is 0 Å². The Labute approximate surface area is 281 Å². The Morgan fingerprint density at radius 2 is 0.958 bits per heavy atom. The van der Waals surface area contributed by atoms with Crippen molar-refractivity contribution in [3.05, 3.63) is 181 Å². The van der Waals surface area contributed by atoms with Gasteiger partial charge in [-0.25, -0.2) is 0 Å². The van der Waals surface area contributed by atoms with Crippen LogP contribution in [0.25, 0.3) is 22.3 Å². The highest BCUT2D eigenvalue weighted by Gasteiger charge is 2.43. The molecule has 0 N–H and O–H groups in total. The third kappa shape index (κ3) is 4.43. The molecule has 3 heteroatoms. The molecule has 9 rings (SSSR count). The van der Waals surface area contributed by atoms with Crippen LogP contribution in [0.4, 0.5) is 34.1 Å². The van der Waals surface area contributed by atoms with Crippen LogP contribution in [0.3, 0.4) is 0 Å². The van der Waals surface area contributed by atoms with E-state index in [4.69, 9.17) is 4.74 Å². The first kappa shape index (κ1) is 28.2. The molecule has 7 aromatic carbocycles. The number of benzene rings is 7. The van der Waals surface area contributed by atoms with Crippen LogP contribution in [0.15, 0.2) is 170 Å². The molecule has 2 aliphatic heterocycles. The molecule has 0 atom stereocenters. The molecule has 48 heavy (non-hydrogen) atoms. The summed E-state index contributed by atoms with van der Waals surface area (Å²) in [6.07, 6.45) is 0. The molecule has 2 heterocycles. The quantitative estimate of drug-likeness (QED) is 0.191. The molecule has 0 fully saturated rings. The minimum Gasteiger partial charge on any atom is -0.453 e. The van der Waals surface area contributed by atoms with Gasteiger partial charge in [0.2, 0.25) is 0 Å². The van der Waals surface area contributed by atoms with Crippen molar-refractivity contribution < 1.29 is 4.74 Å². The molecule has 0 unspecified atom stereocenters. The van der Waals surface area contributed by atoms with Crippen LogP contribution >= 0.6 is 0 Å². The smallest absolute Gasteiger partial charge is 0.151 e. The molecule has 0 saturated heterocycles. The van der Waals surface area contributed by atoms with E-state index in [-0.39, 0.29) is 5.41 Å². The van der Waals surface area contributed by atoms with Gasteiger partial charge in [-0.15, -0.1) is 0 Å². The zero-order chi connectivity index (χ0) is 32.2. The van der Waals surface area contributed by atoms with Gasteiger partial charge in [0.25, 0.3) is 0 Å². The van der Waals surface area contributed by atoms with Crippen molar-refractivity contribution in [3.8, 4) is 33.8 Å². The van der Waals surface area contributed by atoms with Crippen molar-refractivity contribution in [2.75, 3.05) is 9.80 Å². The Balaban J connectivity index is 1.26. The van der Waals surface area contributed by atoms with Gasteiger partial charge in [0.1, 0.15) is 0 Å². The van der Waals surface area contributed by atoms with Crippen molar-refractivity contribution in [1.82, 2.24) is 0 Å². The van der Waals surface area contributed by atoms with Crippen LogP contribution < -0.4 is 14.5 Å². The van der Waals surface area contributed by atoms with E-state index in [0.717, 1.165) is 39.9 Å². The molecule has 0 saturated carbocycles.